The van der Waals surface area contributed by atoms with Crippen LogP contribution in [0.5, 0.6) is 0 Å². The predicted octanol–water partition coefficient (Wildman–Crippen LogP) is 3.71. The number of hydrogen-bond acceptors (Lipinski definition) is 0. The molecule has 3 heteroatoms. The van der Waals surface area contributed by atoms with E-state index in [9.17, 15) is 0 Å². The zero-order chi connectivity index (χ0) is 27.1. The molecular weight excluding hydrogens is 631 g/mol. The van der Waals surface area contributed by atoms with Gasteiger partial charge in [-0.2, -0.15) is 12.0 Å². The molecule has 224 valence electrons. The Morgan fingerprint density at radius 2 is 1.12 bits per heavy atom. The van der Waals surface area contributed by atoms with Crippen molar-refractivity contribution in [2.24, 2.45) is 59.2 Å². The fraction of sp³-hybridized carbons (Fsp3) is 0.538. The van der Waals surface area contributed by atoms with Crippen molar-refractivity contribution in [2.45, 2.75) is 70.6 Å². The van der Waals surface area contributed by atoms with Crippen LogP contribution in [0.1, 0.15) is 70.6 Å². The molecule has 0 bridgehead atoms. The molecule has 0 nitrogen and oxygen atoms in total. The maximum atomic E-state index is 2.99. The van der Waals surface area contributed by atoms with E-state index in [4.69, 9.17) is 0 Å². The van der Waals surface area contributed by atoms with Gasteiger partial charge < -0.3 is 31.2 Å². The van der Waals surface area contributed by atoms with E-state index in [1.165, 1.54) is 64.2 Å². The first kappa shape index (κ1) is 34.1. The van der Waals surface area contributed by atoms with Gasteiger partial charge in [0.05, 0.1) is 0 Å². The van der Waals surface area contributed by atoms with Crippen molar-refractivity contribution in [1.82, 2.24) is 0 Å². The molecule has 0 N–H and O–H groups in total. The van der Waals surface area contributed by atoms with Crippen molar-refractivity contribution < 1.29 is 49.0 Å². The van der Waals surface area contributed by atoms with Gasteiger partial charge in [0.1, 0.15) is 0 Å². The van der Waals surface area contributed by atoms with Crippen LogP contribution in [-0.2, 0) is 24.2 Å². The first-order valence-corrected chi connectivity index (χ1v) is 17.7. The molecule has 8 unspecified atom stereocenters. The van der Waals surface area contributed by atoms with Crippen LogP contribution in [0, 0.1) is 71.7 Å². The van der Waals surface area contributed by atoms with Gasteiger partial charge in [-0.3, -0.25) is 6.08 Å². The van der Waals surface area contributed by atoms with E-state index < -0.39 is 0 Å². The Labute approximate surface area is 283 Å². The Balaban J connectivity index is 0.000000168. The molecule has 0 aromatic heterocycles. The molecule has 0 amide bonds. The summed E-state index contributed by atoms with van der Waals surface area (Å²) in [6.45, 7) is 0. The Morgan fingerprint density at radius 1 is 0.619 bits per heavy atom. The number of rotatable bonds is 4. The molecule has 0 aromatic carbocycles. The number of halogens is 2. The second-order valence-electron chi connectivity index (χ2n) is 13.4. The molecule has 8 rings (SSSR count). The van der Waals surface area contributed by atoms with E-state index >= 15 is 0 Å². The molecule has 4 fully saturated rings. The van der Waals surface area contributed by atoms with Gasteiger partial charge in [-0.25, -0.2) is 12.2 Å². The van der Waals surface area contributed by atoms with Crippen molar-refractivity contribution in [3.8, 4) is 0 Å². The fourth-order valence-electron chi connectivity index (χ4n) is 9.13. The van der Waals surface area contributed by atoms with Gasteiger partial charge in [0.2, 0.25) is 0 Å². The number of allylic oxidation sites excluding steroid dienone is 16. The van der Waals surface area contributed by atoms with Crippen molar-refractivity contribution in [1.29, 1.82) is 0 Å². The van der Waals surface area contributed by atoms with E-state index in [1.807, 2.05) is 15.4 Å². The van der Waals surface area contributed by atoms with Crippen molar-refractivity contribution in [2.75, 3.05) is 0 Å². The van der Waals surface area contributed by atoms with Crippen LogP contribution in [0.4, 0.5) is 0 Å². The molecule has 0 radical (unpaired) electrons. The molecule has 8 atom stereocenters. The summed E-state index contributed by atoms with van der Waals surface area (Å²) < 4.78 is 1.90. The van der Waals surface area contributed by atoms with Crippen molar-refractivity contribution in [3.05, 3.63) is 104 Å². The standard InChI is InChI=1S/C21H21.C13H22.C5H5.2ClH.Zr/c1-2-8-15-14(7-1)13-20-18-11-4-3-9-16(18)17-10-5-6-12-19(17)21(15)20;1-2-7-12(6-1)10-5-11-13-8-3-4-9-13;1-2-4-5-3-1;;;/h1-21H;12-13H,1-4,6-11H2;1-3H,4H2;2*1H;/q-1;;-1;;;+2/p-2. The third kappa shape index (κ3) is 8.29. The van der Waals surface area contributed by atoms with Gasteiger partial charge >= 0.3 is 103 Å². The van der Waals surface area contributed by atoms with E-state index in [0.717, 1.165) is 30.1 Å². The summed E-state index contributed by atoms with van der Waals surface area (Å²) in [5, 5.41) is 0. The first-order chi connectivity index (χ1) is 19.8. The SMILES string of the molecule is C1=CC2[CH-]C3C4C=CC=CC4C4C=CC=CC4C3C2C=C1.[C-]1=CC=CC1.[Cl-].[Cl-].[Zr+2]=[C](CC1CCCC1)CC1CCCC1. The van der Waals surface area contributed by atoms with Crippen LogP contribution >= 0.6 is 0 Å². The third-order valence-electron chi connectivity index (χ3n) is 10.9. The summed E-state index contributed by atoms with van der Waals surface area (Å²) in [5.74, 6) is 7.84. The number of hydrogen-bond donors (Lipinski definition) is 0. The van der Waals surface area contributed by atoms with Gasteiger partial charge in [0, 0.05) is 0 Å². The van der Waals surface area contributed by atoms with Gasteiger partial charge in [-0.1, -0.05) is 72.8 Å². The number of fused-ring (bicyclic) bond motifs is 8. The summed E-state index contributed by atoms with van der Waals surface area (Å²) in [5.41, 5.74) is 0. The van der Waals surface area contributed by atoms with E-state index in [2.05, 4.69) is 91.5 Å². The zero-order valence-corrected chi connectivity index (χ0v) is 29.0. The van der Waals surface area contributed by atoms with E-state index in [1.54, 1.807) is 24.2 Å². The summed E-state index contributed by atoms with van der Waals surface area (Å²) in [6.07, 6.45) is 56.2. The van der Waals surface area contributed by atoms with Crippen LogP contribution in [0.3, 0.4) is 0 Å². The van der Waals surface area contributed by atoms with Gasteiger partial charge in [0.15, 0.2) is 0 Å². The molecule has 0 aromatic rings. The van der Waals surface area contributed by atoms with Crippen LogP contribution in [0.25, 0.3) is 0 Å². The maximum absolute atomic E-state index is 2.99. The van der Waals surface area contributed by atoms with Gasteiger partial charge in [-0.15, -0.1) is 18.4 Å². The Hall–Kier alpha value is -0.747. The van der Waals surface area contributed by atoms with E-state index in [0.29, 0.717) is 35.5 Å². The molecule has 0 spiro atoms. The molecule has 42 heavy (non-hydrogen) atoms. The third-order valence-corrected chi connectivity index (χ3v) is 11.9. The molecule has 8 aliphatic rings. The van der Waals surface area contributed by atoms with Gasteiger partial charge in [-0.05, 0) is 29.6 Å². The quantitative estimate of drug-likeness (QED) is 0.399. The fourth-order valence-corrected chi connectivity index (χ4v) is 10.5. The minimum absolute atomic E-state index is 0. The summed E-state index contributed by atoms with van der Waals surface area (Å²) >= 11 is 1.74. The Morgan fingerprint density at radius 3 is 1.64 bits per heavy atom. The van der Waals surface area contributed by atoms with Crippen LogP contribution < -0.4 is 24.8 Å². The van der Waals surface area contributed by atoms with Crippen LogP contribution in [-0.4, -0.2) is 3.21 Å². The predicted molar refractivity (Wildman–Crippen MR) is 167 cm³/mol. The first-order valence-electron chi connectivity index (χ1n) is 16.5. The average molecular weight is 679 g/mol. The van der Waals surface area contributed by atoms with Crippen molar-refractivity contribution in [3.63, 3.8) is 0 Å². The summed E-state index contributed by atoms with van der Waals surface area (Å²) in [6, 6.07) is 0. The molecule has 0 saturated heterocycles. The van der Waals surface area contributed by atoms with Crippen molar-refractivity contribution >= 4 is 3.21 Å². The van der Waals surface area contributed by atoms with Gasteiger partial charge in [0.25, 0.3) is 0 Å². The molecule has 0 heterocycles. The normalized spacial score (nSPS) is 36.0. The van der Waals surface area contributed by atoms with Crippen LogP contribution in [0.15, 0.2) is 91.1 Å². The minimum atomic E-state index is 0. The zero-order valence-electron chi connectivity index (χ0n) is 25.0. The second kappa shape index (κ2) is 17.1. The topological polar surface area (TPSA) is 0 Å². The average Bonchev–Trinajstić information content (AvgIpc) is 3.82. The molecule has 0 aliphatic heterocycles. The second-order valence-corrected chi connectivity index (χ2v) is 15.2. The molecule has 4 saturated carbocycles. The Bertz CT molecular complexity index is 1080. The summed E-state index contributed by atoms with van der Waals surface area (Å²) in [7, 11) is 0. The summed E-state index contributed by atoms with van der Waals surface area (Å²) in [4.78, 5) is 0. The monoisotopic (exact) mass is 676 g/mol. The van der Waals surface area contributed by atoms with E-state index in [-0.39, 0.29) is 24.8 Å². The Kier molecular flexibility index (Phi) is 13.9. The van der Waals surface area contributed by atoms with Crippen LogP contribution in [0.2, 0.25) is 0 Å². The molecule has 8 aliphatic carbocycles. The molecular formula is C39H48Cl2Zr-2.